The fraction of sp³-hybridized carbons (Fsp3) is 0.479. The molecule has 4 aromatic rings. The molecule has 70 heavy (non-hydrogen) atoms. The summed E-state index contributed by atoms with van der Waals surface area (Å²) in [6.45, 7) is 27.3. The van der Waals surface area contributed by atoms with E-state index in [1.165, 1.54) is 41.3 Å². The van der Waals surface area contributed by atoms with Crippen LogP contribution in [0.3, 0.4) is 0 Å². The molecule has 5 N–H and O–H groups in total. The SMILES string of the molecule is Brc1cccnc1.CC.CC.CC.CC.CCCC(C)I.CO.COc1ccc(CN2C(=O)CCNC2=O)cc1.O=C1CCN(c2cccnc2)C(=O)N1.O=c1cc[nH]c(=O)[nH]1.[CH2-]CCC.[I][V]([I])[I]. The summed E-state index contributed by atoms with van der Waals surface area (Å²) in [6, 6.07) is 15.2. The molecule has 5 heterocycles. The molecule has 2 fully saturated rings. The fourth-order valence-corrected chi connectivity index (χ4v) is 5.03. The number of hydrogen-bond donors (Lipinski definition) is 5. The van der Waals surface area contributed by atoms with Gasteiger partial charge in [0.05, 0.1) is 25.5 Å². The second kappa shape index (κ2) is 59.4. The molecule has 6 amide bonds. The van der Waals surface area contributed by atoms with Crippen LogP contribution >= 0.6 is 98.5 Å². The predicted octanol–water partition coefficient (Wildman–Crippen LogP) is 13.2. The monoisotopic (exact) mass is 1530 g/mol. The standard InChI is InChI=1S/C12H14N2O3.C9H9N3O2.C5H4BrN.C5H11I.C4H4N2O2.C4H9.4C2H6.CH4O.3HI.V/c1-17-10-4-2-9(3-5-10)8-14-11(15)6-7-13-12(14)16;13-8-3-5-12(9(14)11-8)7-2-1-4-10-6-7;6-5-2-1-3-7-4-5;1-3-4-5(2)6;7-3-1-2-5-4(8)6-3;1-3-4-2;5*1-2;;;;/h2-5H,6-8H2,1H3,(H,13,16);1-2,4,6H,3,5H2,(H,11,13,14);1-4H;5H,3-4H2,1-2H3;1-2H,(H2,5,6,7,8);1,3-4H2,2H3;4*1-2H3;2H,1H3;3*1H;/q;;;;;-1;;;;;;;;;+3/p-3. The third kappa shape index (κ3) is 49.4. The van der Waals surface area contributed by atoms with Gasteiger partial charge in [0.2, 0.25) is 11.8 Å². The van der Waals surface area contributed by atoms with Crippen molar-refractivity contribution < 1.29 is 33.9 Å². The third-order valence-corrected chi connectivity index (χ3v) is 8.12. The number of carbonyl (C=O) groups is 4. The number of aromatic nitrogens is 4. The molecule has 2 aliphatic heterocycles. The van der Waals surface area contributed by atoms with Gasteiger partial charge in [0.25, 0.3) is 5.56 Å². The molecule has 1 unspecified atom stereocenters. The number of carbonyl (C=O) groups excluding carboxylic acids is 4. The molecule has 6 rings (SSSR count). The van der Waals surface area contributed by atoms with Crippen LogP contribution in [-0.2, 0) is 21.1 Å². The number of hydrogen-bond acceptors (Lipinski definition) is 10. The van der Waals surface area contributed by atoms with E-state index in [1.54, 1.807) is 44.0 Å². The summed E-state index contributed by atoms with van der Waals surface area (Å²) >= 11 is 13.1. The molecule has 22 heteroatoms. The van der Waals surface area contributed by atoms with Gasteiger partial charge in [-0.05, 0) is 64.3 Å². The number of alkyl halides is 1. The van der Waals surface area contributed by atoms with E-state index >= 15 is 0 Å². The molecule has 0 bridgehead atoms. The molecule has 2 saturated heterocycles. The number of halogens is 5. The maximum absolute atomic E-state index is 11.6. The predicted molar refractivity (Wildman–Crippen MR) is 325 cm³/mol. The molecule has 0 saturated carbocycles. The average Bonchev–Trinajstić information content (AvgIpc) is 3.37. The van der Waals surface area contributed by atoms with Crippen molar-refractivity contribution >= 4 is 128 Å². The van der Waals surface area contributed by atoms with Gasteiger partial charge >= 0.3 is 82.6 Å². The van der Waals surface area contributed by atoms with E-state index in [0.29, 0.717) is 38.2 Å². The first-order chi connectivity index (χ1) is 33.6. The van der Waals surface area contributed by atoms with E-state index in [2.05, 4.69) is 152 Å². The number of amides is 6. The van der Waals surface area contributed by atoms with E-state index in [-0.39, 0.29) is 34.4 Å². The number of aromatic amines is 2. The van der Waals surface area contributed by atoms with Gasteiger partial charge in [0.15, 0.2) is 0 Å². The number of nitrogens with one attached hydrogen (secondary N) is 4. The van der Waals surface area contributed by atoms with Crippen LogP contribution in [0, 0.1) is 6.92 Å². The molecule has 16 nitrogen and oxygen atoms in total. The van der Waals surface area contributed by atoms with Gasteiger partial charge in [0, 0.05) is 72.3 Å². The van der Waals surface area contributed by atoms with Gasteiger partial charge in [-0.1, -0.05) is 124 Å². The minimum absolute atomic E-state index is 0.135. The molecular formula is C48H79BrI4N8O8V-. The zero-order chi connectivity index (χ0) is 55.3. The second-order valence-electron chi connectivity index (χ2n) is 11.9. The number of methoxy groups -OCH3 is 1. The molecule has 400 valence electrons. The van der Waals surface area contributed by atoms with E-state index < -0.39 is 5.69 Å². The molecule has 2 aliphatic rings. The van der Waals surface area contributed by atoms with Crippen LogP contribution in [0.1, 0.15) is 120 Å². The first-order valence-corrected chi connectivity index (χ1v) is 38.3. The van der Waals surface area contributed by atoms with Crippen LogP contribution in [0.5, 0.6) is 5.75 Å². The molecule has 0 radical (unpaired) electrons. The summed E-state index contributed by atoms with van der Waals surface area (Å²) in [7, 11) is 2.59. The Labute approximate surface area is 478 Å². The van der Waals surface area contributed by atoms with Gasteiger partial charge in [-0.3, -0.25) is 44.5 Å². The molecule has 0 spiro atoms. The Balaban J connectivity index is -0.000000174. The summed E-state index contributed by atoms with van der Waals surface area (Å²) in [6.07, 6.45) is 13.7. The number of aliphatic hydroxyl groups is 1. The van der Waals surface area contributed by atoms with E-state index in [1.807, 2.05) is 96.8 Å². The zero-order valence-corrected chi connectivity index (χ0v) is 54.8. The molecule has 1 atom stereocenters. The van der Waals surface area contributed by atoms with E-state index in [4.69, 9.17) is 9.84 Å². The first-order valence-electron chi connectivity index (χ1n) is 22.8. The molecular weight excluding hydrogens is 1460 g/mol. The van der Waals surface area contributed by atoms with Crippen molar-refractivity contribution in [1.82, 2.24) is 35.5 Å². The number of urea groups is 2. The maximum atomic E-state index is 11.6. The van der Waals surface area contributed by atoms with Gasteiger partial charge in [-0.15, -0.1) is 0 Å². The number of imide groups is 2. The Hall–Kier alpha value is -2.18. The van der Waals surface area contributed by atoms with Gasteiger partial charge in [-0.25, -0.2) is 14.4 Å². The first kappa shape index (κ1) is 79.2. The number of nitrogens with zero attached hydrogens (tertiary/aromatic N) is 4. The van der Waals surface area contributed by atoms with Crippen molar-refractivity contribution in [3.63, 3.8) is 0 Å². The van der Waals surface area contributed by atoms with Crippen molar-refractivity contribution in [3.8, 4) is 5.75 Å². The summed E-state index contributed by atoms with van der Waals surface area (Å²) in [5.74, 6) is 0.392. The van der Waals surface area contributed by atoms with E-state index in [0.717, 1.165) is 33.2 Å². The van der Waals surface area contributed by atoms with Crippen LogP contribution in [-0.4, -0.2) is 85.1 Å². The Morgan fingerprint density at radius 3 is 1.67 bits per heavy atom. The summed E-state index contributed by atoms with van der Waals surface area (Å²) in [5, 5.41) is 11.9. The number of benzene rings is 1. The zero-order valence-electron chi connectivity index (χ0n) is 43.2. The Morgan fingerprint density at radius 1 is 0.814 bits per heavy atom. The normalized spacial score (nSPS) is 11.7. The third-order valence-electron chi connectivity index (χ3n) is 7.02. The number of aliphatic hydroxyl groups excluding tert-OH is 1. The van der Waals surface area contributed by atoms with Crippen molar-refractivity contribution in [2.75, 3.05) is 32.2 Å². The van der Waals surface area contributed by atoms with Crippen molar-refractivity contribution in [1.29, 1.82) is 0 Å². The number of pyridine rings is 2. The fourth-order valence-electron chi connectivity index (χ4n) is 4.14. The number of unbranched alkanes of at least 4 members (excludes halogenated alkanes) is 1. The number of rotatable bonds is 7. The summed E-state index contributed by atoms with van der Waals surface area (Å²) < 4.78 is 6.93. The summed E-state index contributed by atoms with van der Waals surface area (Å²) in [4.78, 5) is 80.2. The summed E-state index contributed by atoms with van der Waals surface area (Å²) in [5.41, 5.74) is 0.750. The number of H-pyrrole nitrogens is 2. The Kier molecular flexibility index (Phi) is 67.2. The molecule has 3 aromatic heterocycles. The second-order valence-corrected chi connectivity index (χ2v) is 50.3. The molecule has 0 aliphatic carbocycles. The van der Waals surface area contributed by atoms with Crippen LogP contribution < -0.4 is 31.5 Å². The van der Waals surface area contributed by atoms with Gasteiger partial charge in [-0.2, -0.15) is 6.42 Å². The van der Waals surface area contributed by atoms with Crippen LogP contribution in [0.4, 0.5) is 15.3 Å². The topological polar surface area (TPSA) is 220 Å². The van der Waals surface area contributed by atoms with Crippen LogP contribution in [0.15, 0.2) is 99.6 Å². The van der Waals surface area contributed by atoms with E-state index in [9.17, 15) is 28.8 Å². The van der Waals surface area contributed by atoms with Crippen LogP contribution in [0.2, 0.25) is 0 Å². The van der Waals surface area contributed by atoms with Crippen LogP contribution in [0.25, 0.3) is 0 Å². The minimum atomic E-state index is -0.475. The quantitative estimate of drug-likeness (QED) is 0.0669. The Bertz CT molecular complexity index is 1860. The molecule has 1 aromatic carbocycles. The number of anilines is 1. The van der Waals surface area contributed by atoms with Crippen molar-refractivity contribution in [2.24, 2.45) is 0 Å². The van der Waals surface area contributed by atoms with Gasteiger partial charge in [0.1, 0.15) is 5.75 Å². The van der Waals surface area contributed by atoms with Gasteiger partial charge < -0.3 is 27.1 Å². The Morgan fingerprint density at radius 2 is 1.34 bits per heavy atom. The van der Waals surface area contributed by atoms with Crippen molar-refractivity contribution in [2.45, 2.75) is 125 Å². The van der Waals surface area contributed by atoms with Crippen molar-refractivity contribution in [3.05, 3.63) is 123 Å². The number of ether oxygens (including phenoxy) is 1. The average molecular weight is 1530 g/mol.